The van der Waals surface area contributed by atoms with Gasteiger partial charge in [-0.2, -0.15) is 5.26 Å². The van der Waals surface area contributed by atoms with Crippen LogP contribution in [0.1, 0.15) is 44.5 Å². The number of hydrogen-bond acceptors (Lipinski definition) is 7. The van der Waals surface area contributed by atoms with E-state index in [1.165, 1.54) is 36.4 Å². The van der Waals surface area contributed by atoms with Crippen LogP contribution in [0.2, 0.25) is 0 Å². The molecule has 3 aromatic heterocycles. The van der Waals surface area contributed by atoms with Crippen molar-refractivity contribution in [2.24, 2.45) is 0 Å². The molecule has 3 heterocycles. The van der Waals surface area contributed by atoms with E-state index in [0.717, 1.165) is 18.2 Å². The van der Waals surface area contributed by atoms with E-state index in [1.54, 1.807) is 29.8 Å². The van der Waals surface area contributed by atoms with Gasteiger partial charge in [-0.15, -0.1) is 0 Å². The van der Waals surface area contributed by atoms with Gasteiger partial charge in [-0.05, 0) is 61.0 Å². The van der Waals surface area contributed by atoms with Crippen LogP contribution in [0.5, 0.6) is 5.88 Å². The van der Waals surface area contributed by atoms with Crippen LogP contribution in [0.3, 0.4) is 0 Å². The highest BCUT2D eigenvalue weighted by Crippen LogP contribution is 2.29. The number of fused-ring (bicyclic) bond motifs is 1. The zero-order chi connectivity index (χ0) is 31.7. The summed E-state index contributed by atoms with van der Waals surface area (Å²) < 4.78 is 58.1. The molecule has 0 aliphatic heterocycles. The first-order valence-corrected chi connectivity index (χ1v) is 13.6. The lowest BCUT2D eigenvalue weighted by Crippen LogP contribution is -2.08. The maximum atomic E-state index is 15.5. The SMILES string of the molecule is Cc1cnc(Cn2c(Cc3cc(F)c(-c4cccc(OCc5ccc(C#N)cc5F)n4)cc3F)nc3ccc(C(=O)O)cc32)o1. The van der Waals surface area contributed by atoms with Crippen molar-refractivity contribution in [1.82, 2.24) is 19.5 Å². The standard InChI is InChI=1S/C33H22F3N5O4/c1-18-15-38-32(45-18)16-41-29-11-20(33(42)43)7-8-28(29)39-30(41)12-22-10-26(36)23(13-25(22)35)27-3-2-4-31(40-27)44-17-21-6-5-19(14-37)9-24(21)34/h2-11,13,15H,12,16-17H2,1H3,(H,42,43). The summed E-state index contributed by atoms with van der Waals surface area (Å²) >= 11 is 0. The van der Waals surface area contributed by atoms with E-state index in [2.05, 4.69) is 15.0 Å². The Hall–Kier alpha value is -5.96. The van der Waals surface area contributed by atoms with Crippen molar-refractivity contribution < 1.29 is 32.2 Å². The normalized spacial score (nSPS) is 11.1. The minimum Gasteiger partial charge on any atom is -0.478 e. The summed E-state index contributed by atoms with van der Waals surface area (Å²) in [5, 5.41) is 18.4. The quantitative estimate of drug-likeness (QED) is 0.194. The number of aryl methyl sites for hydroxylation is 1. The molecule has 0 saturated carbocycles. The number of carboxylic acids is 1. The first-order valence-electron chi connectivity index (χ1n) is 13.6. The van der Waals surface area contributed by atoms with Crippen LogP contribution >= 0.6 is 0 Å². The number of ether oxygens (including phenoxy) is 1. The first kappa shape index (κ1) is 29.1. The lowest BCUT2D eigenvalue weighted by molar-refractivity contribution is 0.0697. The van der Waals surface area contributed by atoms with Gasteiger partial charge in [-0.3, -0.25) is 0 Å². The van der Waals surface area contributed by atoms with E-state index >= 15 is 8.78 Å². The van der Waals surface area contributed by atoms with E-state index in [1.807, 2.05) is 6.07 Å². The fourth-order valence-corrected chi connectivity index (χ4v) is 4.85. The van der Waals surface area contributed by atoms with Crippen LogP contribution in [0, 0.1) is 35.7 Å². The van der Waals surface area contributed by atoms with Crippen molar-refractivity contribution in [2.45, 2.75) is 26.5 Å². The Balaban J connectivity index is 1.28. The first-order chi connectivity index (χ1) is 21.7. The highest BCUT2D eigenvalue weighted by atomic mass is 19.1. The van der Waals surface area contributed by atoms with Crippen molar-refractivity contribution in [3.05, 3.63) is 130 Å². The third-order valence-corrected chi connectivity index (χ3v) is 7.08. The Morgan fingerprint density at radius 3 is 2.56 bits per heavy atom. The highest BCUT2D eigenvalue weighted by molar-refractivity contribution is 5.92. The number of benzene rings is 3. The molecule has 6 rings (SSSR count). The number of aromatic carboxylic acids is 1. The zero-order valence-corrected chi connectivity index (χ0v) is 23.6. The Bertz CT molecular complexity index is 2130. The smallest absolute Gasteiger partial charge is 0.335 e. The van der Waals surface area contributed by atoms with Gasteiger partial charge in [0.1, 0.15) is 42.2 Å². The molecule has 224 valence electrons. The third-order valence-electron chi connectivity index (χ3n) is 7.08. The molecule has 1 N–H and O–H groups in total. The van der Waals surface area contributed by atoms with E-state index < -0.39 is 23.4 Å². The second kappa shape index (κ2) is 12.0. The summed E-state index contributed by atoms with van der Waals surface area (Å²) in [5.74, 6) is -1.85. The molecule has 0 amide bonds. The Morgan fingerprint density at radius 2 is 1.82 bits per heavy atom. The lowest BCUT2D eigenvalue weighted by Gasteiger charge is -2.11. The predicted molar refractivity (Wildman–Crippen MR) is 155 cm³/mol. The van der Waals surface area contributed by atoms with Crippen LogP contribution in [-0.2, 0) is 19.6 Å². The third kappa shape index (κ3) is 6.09. The number of hydrogen-bond donors (Lipinski definition) is 1. The largest absolute Gasteiger partial charge is 0.478 e. The van der Waals surface area contributed by atoms with E-state index in [-0.39, 0.29) is 59.0 Å². The average molecular weight is 610 g/mol. The van der Waals surface area contributed by atoms with E-state index in [4.69, 9.17) is 14.4 Å². The molecule has 3 aromatic carbocycles. The maximum Gasteiger partial charge on any atom is 0.335 e. The zero-order valence-electron chi connectivity index (χ0n) is 23.6. The van der Waals surface area contributed by atoms with Crippen LogP contribution in [0.15, 0.2) is 77.3 Å². The molecule has 6 aromatic rings. The molecule has 0 atom stereocenters. The fourth-order valence-electron chi connectivity index (χ4n) is 4.85. The van der Waals surface area contributed by atoms with Gasteiger partial charge in [0.2, 0.25) is 11.8 Å². The number of aromatic nitrogens is 4. The minimum atomic E-state index is -1.12. The van der Waals surface area contributed by atoms with Gasteiger partial charge in [0.05, 0.1) is 40.1 Å². The summed E-state index contributed by atoms with van der Waals surface area (Å²) in [4.78, 5) is 24.7. The van der Waals surface area contributed by atoms with Crippen molar-refractivity contribution in [3.63, 3.8) is 0 Å². The van der Waals surface area contributed by atoms with Crippen LogP contribution in [-0.4, -0.2) is 30.6 Å². The molecule has 12 heteroatoms. The van der Waals surface area contributed by atoms with E-state index in [0.29, 0.717) is 28.5 Å². The Labute approximate surface area is 253 Å². The van der Waals surface area contributed by atoms with Crippen LogP contribution in [0.4, 0.5) is 13.2 Å². The van der Waals surface area contributed by atoms with Crippen molar-refractivity contribution in [1.29, 1.82) is 5.26 Å². The van der Waals surface area contributed by atoms with Crippen LogP contribution in [0.25, 0.3) is 22.3 Å². The number of nitriles is 1. The molecule has 0 aliphatic carbocycles. The molecule has 0 radical (unpaired) electrons. The Kier molecular flexibility index (Phi) is 7.75. The molecule has 0 aliphatic rings. The van der Waals surface area contributed by atoms with Gasteiger partial charge in [-0.25, -0.2) is 32.9 Å². The van der Waals surface area contributed by atoms with Gasteiger partial charge < -0.3 is 18.8 Å². The number of rotatable bonds is 9. The summed E-state index contributed by atoms with van der Waals surface area (Å²) in [6.07, 6.45) is 1.43. The number of nitrogens with zero attached hydrogens (tertiary/aromatic N) is 5. The molecule has 0 saturated heterocycles. The number of carboxylic acid groups (broad SMARTS) is 1. The lowest BCUT2D eigenvalue weighted by atomic mass is 10.0. The molecule has 0 bridgehead atoms. The maximum absolute atomic E-state index is 15.5. The van der Waals surface area contributed by atoms with Gasteiger partial charge in [0.15, 0.2) is 0 Å². The van der Waals surface area contributed by atoms with E-state index in [9.17, 15) is 14.3 Å². The number of oxazole rings is 1. The van der Waals surface area contributed by atoms with Crippen molar-refractivity contribution in [2.75, 3.05) is 0 Å². The number of imidazole rings is 1. The molecular weight excluding hydrogens is 587 g/mol. The summed E-state index contributed by atoms with van der Waals surface area (Å²) in [6.45, 7) is 1.64. The minimum absolute atomic E-state index is 0.0125. The molecule has 0 unspecified atom stereocenters. The summed E-state index contributed by atoms with van der Waals surface area (Å²) in [6, 6.07) is 16.9. The number of halogens is 3. The number of carbonyl (C=O) groups is 1. The molecule has 0 fully saturated rings. The van der Waals surface area contributed by atoms with Crippen LogP contribution < -0.4 is 4.74 Å². The average Bonchev–Trinajstić information content (AvgIpc) is 3.60. The van der Waals surface area contributed by atoms with Gasteiger partial charge in [-0.1, -0.05) is 12.1 Å². The molecular formula is C33H22F3N5O4. The van der Waals surface area contributed by atoms with Crippen molar-refractivity contribution >= 4 is 17.0 Å². The fraction of sp³-hybridized carbons (Fsp3) is 0.121. The second-order valence-corrected chi connectivity index (χ2v) is 10.2. The number of pyridine rings is 1. The van der Waals surface area contributed by atoms with Crippen molar-refractivity contribution in [3.8, 4) is 23.2 Å². The second-order valence-electron chi connectivity index (χ2n) is 10.2. The predicted octanol–water partition coefficient (Wildman–Crippen LogP) is 6.60. The highest BCUT2D eigenvalue weighted by Gasteiger charge is 2.20. The van der Waals surface area contributed by atoms with Gasteiger partial charge in [0, 0.05) is 23.6 Å². The molecule has 45 heavy (non-hydrogen) atoms. The van der Waals surface area contributed by atoms with Gasteiger partial charge in [0.25, 0.3) is 0 Å². The summed E-state index contributed by atoms with van der Waals surface area (Å²) in [7, 11) is 0. The summed E-state index contributed by atoms with van der Waals surface area (Å²) in [5.41, 5.74) is 1.36. The topological polar surface area (TPSA) is 127 Å². The molecule has 9 nitrogen and oxygen atoms in total. The molecule has 0 spiro atoms. The monoisotopic (exact) mass is 609 g/mol. The van der Waals surface area contributed by atoms with Gasteiger partial charge >= 0.3 is 5.97 Å². The Morgan fingerprint density at radius 1 is 1.00 bits per heavy atom.